The van der Waals surface area contributed by atoms with E-state index in [4.69, 9.17) is 11.0 Å². The Labute approximate surface area is 252 Å². The fourth-order valence-electron chi connectivity index (χ4n) is 6.26. The SMILES string of the molecule is [C-]#[N+]c1cc(-c2cc(C#N)cc(-c3cc(C#N)c4oc5ccccc5c4c3)c2)cc(-n2c3ccccc3c3ccccc32)c1. The number of hydrogen-bond donors (Lipinski definition) is 0. The Kier molecular flexibility index (Phi) is 5.56. The van der Waals surface area contributed by atoms with E-state index >= 15 is 0 Å². The van der Waals surface area contributed by atoms with Gasteiger partial charge in [-0.05, 0) is 89.0 Å². The second kappa shape index (κ2) is 9.74. The van der Waals surface area contributed by atoms with Gasteiger partial charge in [-0.2, -0.15) is 10.5 Å². The lowest BCUT2D eigenvalue weighted by atomic mass is 9.94. The van der Waals surface area contributed by atoms with Crippen molar-refractivity contribution >= 4 is 49.4 Å². The minimum absolute atomic E-state index is 0.432. The van der Waals surface area contributed by atoms with E-state index in [1.54, 1.807) is 0 Å². The lowest BCUT2D eigenvalue weighted by molar-refractivity contribution is 0.667. The number of nitriles is 2. The van der Waals surface area contributed by atoms with Crippen molar-refractivity contribution in [3.05, 3.63) is 144 Å². The third kappa shape index (κ3) is 3.84. The molecule has 0 N–H and O–H groups in total. The first-order valence-electron chi connectivity index (χ1n) is 14.1. The minimum atomic E-state index is 0.432. The topological polar surface area (TPSA) is 70.0 Å². The highest BCUT2D eigenvalue weighted by Crippen LogP contribution is 2.39. The molecule has 0 saturated heterocycles. The van der Waals surface area contributed by atoms with Gasteiger partial charge in [0.2, 0.25) is 0 Å². The van der Waals surface area contributed by atoms with Gasteiger partial charge in [-0.3, -0.25) is 0 Å². The first-order chi connectivity index (χ1) is 21.6. The Morgan fingerprint density at radius 2 is 1.20 bits per heavy atom. The summed E-state index contributed by atoms with van der Waals surface area (Å²) in [5, 5.41) is 24.1. The van der Waals surface area contributed by atoms with E-state index in [-0.39, 0.29) is 0 Å². The van der Waals surface area contributed by atoms with Crippen LogP contribution < -0.4 is 0 Å². The van der Waals surface area contributed by atoms with Crippen LogP contribution in [0, 0.1) is 29.2 Å². The number of rotatable bonds is 3. The molecule has 0 atom stereocenters. The molecule has 0 aliphatic rings. The van der Waals surface area contributed by atoms with Crippen molar-refractivity contribution in [1.82, 2.24) is 4.57 Å². The van der Waals surface area contributed by atoms with Gasteiger partial charge in [0.15, 0.2) is 11.3 Å². The van der Waals surface area contributed by atoms with Crippen molar-refractivity contribution in [3.63, 3.8) is 0 Å². The van der Waals surface area contributed by atoms with Gasteiger partial charge in [-0.15, -0.1) is 0 Å². The number of hydrogen-bond acceptors (Lipinski definition) is 3. The maximum absolute atomic E-state index is 10.0. The summed E-state index contributed by atoms with van der Waals surface area (Å²) in [5.41, 5.74) is 8.90. The molecule has 0 aliphatic heterocycles. The molecule has 0 saturated carbocycles. The van der Waals surface area contributed by atoms with Gasteiger partial charge < -0.3 is 8.98 Å². The van der Waals surface area contributed by atoms with Crippen molar-refractivity contribution in [2.24, 2.45) is 0 Å². The third-order valence-electron chi connectivity index (χ3n) is 8.20. The Hall–Kier alpha value is -6.61. The lowest BCUT2D eigenvalue weighted by Gasteiger charge is -2.13. The predicted molar refractivity (Wildman–Crippen MR) is 175 cm³/mol. The van der Waals surface area contributed by atoms with Crippen LogP contribution in [0.4, 0.5) is 5.69 Å². The highest BCUT2D eigenvalue weighted by molar-refractivity contribution is 6.10. The van der Waals surface area contributed by atoms with Crippen LogP contribution in [0.25, 0.3) is 76.5 Å². The Bertz CT molecular complexity index is 2550. The molecule has 2 aromatic heterocycles. The van der Waals surface area contributed by atoms with Crippen LogP contribution in [0.1, 0.15) is 11.1 Å². The van der Waals surface area contributed by atoms with Crippen LogP contribution >= 0.6 is 0 Å². The van der Waals surface area contributed by atoms with Crippen molar-refractivity contribution in [2.45, 2.75) is 0 Å². The molecule has 0 spiro atoms. The number of fused-ring (bicyclic) bond motifs is 6. The molecular formula is C39H20N4O. The Morgan fingerprint density at radius 3 is 1.86 bits per heavy atom. The van der Waals surface area contributed by atoms with Gasteiger partial charge in [0.05, 0.1) is 34.8 Å². The number of benzene rings is 6. The summed E-state index contributed by atoms with van der Waals surface area (Å²) in [7, 11) is 0. The van der Waals surface area contributed by atoms with Crippen LogP contribution in [0.3, 0.4) is 0 Å². The summed E-state index contributed by atoms with van der Waals surface area (Å²) in [6, 6.07) is 44.2. The van der Waals surface area contributed by atoms with Crippen LogP contribution in [0.15, 0.2) is 126 Å². The molecule has 0 amide bonds. The molecule has 2 heterocycles. The summed E-state index contributed by atoms with van der Waals surface area (Å²) in [6.07, 6.45) is 0. The molecule has 0 aliphatic carbocycles. The van der Waals surface area contributed by atoms with Gasteiger partial charge in [0.25, 0.3) is 0 Å². The Morgan fingerprint density at radius 1 is 0.591 bits per heavy atom. The van der Waals surface area contributed by atoms with Gasteiger partial charge in [0.1, 0.15) is 11.7 Å². The fraction of sp³-hybridized carbons (Fsp3) is 0. The van der Waals surface area contributed by atoms with Gasteiger partial charge in [0, 0.05) is 27.2 Å². The second-order valence-electron chi connectivity index (χ2n) is 10.7. The van der Waals surface area contributed by atoms with E-state index in [1.165, 1.54) is 0 Å². The second-order valence-corrected chi connectivity index (χ2v) is 10.7. The molecule has 5 heteroatoms. The zero-order valence-corrected chi connectivity index (χ0v) is 23.2. The van der Waals surface area contributed by atoms with Crippen molar-refractivity contribution < 1.29 is 4.42 Å². The fourth-order valence-corrected chi connectivity index (χ4v) is 6.26. The highest BCUT2D eigenvalue weighted by Gasteiger charge is 2.16. The average molecular weight is 561 g/mol. The van der Waals surface area contributed by atoms with E-state index in [2.05, 4.69) is 51.9 Å². The highest BCUT2D eigenvalue weighted by atomic mass is 16.3. The first-order valence-corrected chi connectivity index (χ1v) is 14.1. The van der Waals surface area contributed by atoms with Gasteiger partial charge in [-0.25, -0.2) is 4.85 Å². The van der Waals surface area contributed by atoms with E-state index in [1.807, 2.05) is 91.0 Å². The maximum Gasteiger partial charge on any atom is 0.189 e. The van der Waals surface area contributed by atoms with Gasteiger partial charge >= 0.3 is 0 Å². The molecule has 44 heavy (non-hydrogen) atoms. The molecule has 0 fully saturated rings. The summed E-state index contributed by atoms with van der Waals surface area (Å²) in [5.74, 6) is 0. The van der Waals surface area contributed by atoms with Crippen LogP contribution in [-0.4, -0.2) is 4.57 Å². The van der Waals surface area contributed by atoms with Crippen molar-refractivity contribution in [2.75, 3.05) is 0 Å². The van der Waals surface area contributed by atoms with Crippen LogP contribution in [0.5, 0.6) is 0 Å². The molecule has 8 rings (SSSR count). The zero-order chi connectivity index (χ0) is 29.8. The summed E-state index contributed by atoms with van der Waals surface area (Å²) < 4.78 is 8.22. The minimum Gasteiger partial charge on any atom is -0.455 e. The molecule has 202 valence electrons. The maximum atomic E-state index is 10.0. The standard InChI is InChI=1S/C39H20N4O/c1-42-30-18-28(19-31(21-30)43-36-11-5-2-8-32(36)33-9-3-6-12-37(33)43)26-15-24(22-40)14-25(16-26)27-17-29(23-41)39-35(20-27)34-10-4-7-13-38(34)44-39/h2-21H. The van der Waals surface area contributed by atoms with Crippen molar-refractivity contribution in [1.29, 1.82) is 10.5 Å². The van der Waals surface area contributed by atoms with E-state index in [9.17, 15) is 10.5 Å². The summed E-state index contributed by atoms with van der Waals surface area (Å²) in [4.78, 5) is 3.82. The van der Waals surface area contributed by atoms with Crippen LogP contribution in [0.2, 0.25) is 0 Å². The number of furan rings is 1. The molecule has 8 aromatic rings. The molecule has 0 radical (unpaired) electrons. The molecule has 5 nitrogen and oxygen atoms in total. The number of nitrogens with zero attached hydrogens (tertiary/aromatic N) is 4. The van der Waals surface area contributed by atoms with Crippen molar-refractivity contribution in [3.8, 4) is 40.1 Å². The normalized spacial score (nSPS) is 11.1. The molecule has 0 bridgehead atoms. The van der Waals surface area contributed by atoms with Crippen LogP contribution in [-0.2, 0) is 0 Å². The monoisotopic (exact) mass is 560 g/mol. The van der Waals surface area contributed by atoms with E-state index < -0.39 is 0 Å². The molecule has 0 unspecified atom stereocenters. The average Bonchev–Trinajstić information content (AvgIpc) is 3.63. The third-order valence-corrected chi connectivity index (χ3v) is 8.20. The first kappa shape index (κ1) is 25.1. The predicted octanol–water partition coefficient (Wildman–Crippen LogP) is 10.3. The lowest BCUT2D eigenvalue weighted by Crippen LogP contribution is -1.95. The summed E-state index contributed by atoms with van der Waals surface area (Å²) >= 11 is 0. The van der Waals surface area contributed by atoms with Gasteiger partial charge in [-0.1, -0.05) is 54.6 Å². The number of aromatic nitrogens is 1. The largest absolute Gasteiger partial charge is 0.455 e. The van der Waals surface area contributed by atoms with E-state index in [0.717, 1.165) is 66.1 Å². The van der Waals surface area contributed by atoms with E-state index in [0.29, 0.717) is 22.4 Å². The Balaban J connectivity index is 1.35. The quantitative estimate of drug-likeness (QED) is 0.202. The zero-order valence-electron chi connectivity index (χ0n) is 23.2. The molecular weight excluding hydrogens is 540 g/mol. The summed E-state index contributed by atoms with van der Waals surface area (Å²) in [6.45, 7) is 7.90. The molecule has 6 aromatic carbocycles. The smallest absolute Gasteiger partial charge is 0.189 e. The number of para-hydroxylation sites is 3.